The summed E-state index contributed by atoms with van der Waals surface area (Å²) in [6, 6.07) is 10.1. The number of nitrogens with zero attached hydrogens (tertiary/aromatic N) is 3. The average molecular weight is 372 g/mol. The molecule has 1 aliphatic heterocycles. The Kier molecular flexibility index (Phi) is 5.78. The molecule has 7 heteroatoms. The zero-order valence-corrected chi connectivity index (χ0v) is 15.7. The van der Waals surface area contributed by atoms with Crippen molar-refractivity contribution in [3.63, 3.8) is 0 Å². The first kappa shape index (κ1) is 18.3. The van der Waals surface area contributed by atoms with E-state index in [9.17, 15) is 9.90 Å². The topological polar surface area (TPSA) is 82.2 Å². The highest BCUT2D eigenvalue weighted by Gasteiger charge is 2.19. The van der Waals surface area contributed by atoms with Crippen LogP contribution in [0.5, 0.6) is 0 Å². The van der Waals surface area contributed by atoms with Crippen molar-refractivity contribution in [1.29, 1.82) is 0 Å². The van der Waals surface area contributed by atoms with Crippen LogP contribution < -0.4 is 10.6 Å². The first-order valence-corrected chi connectivity index (χ1v) is 9.70. The van der Waals surface area contributed by atoms with Crippen LogP contribution in [0.15, 0.2) is 40.7 Å². The zero-order valence-electron chi connectivity index (χ0n) is 14.9. The van der Waals surface area contributed by atoms with E-state index in [-0.39, 0.29) is 0 Å². The fourth-order valence-corrected chi connectivity index (χ4v) is 3.84. The second-order valence-electron chi connectivity index (χ2n) is 6.24. The average Bonchev–Trinajstić information content (AvgIpc) is 3.16. The molecule has 0 aliphatic carbocycles. The lowest BCUT2D eigenvalue weighted by atomic mass is 10.0. The number of amidine groups is 1. The number of carbonyl (C=O) groups is 1. The fourth-order valence-electron chi connectivity index (χ4n) is 3.21. The van der Waals surface area contributed by atoms with Crippen LogP contribution in [0, 0.1) is 0 Å². The number of aryl methyl sites for hydroxylation is 1. The minimum absolute atomic E-state index is 0.506. The minimum Gasteiger partial charge on any atom is -0.465 e. The van der Waals surface area contributed by atoms with Crippen LogP contribution in [0.4, 0.5) is 16.2 Å². The Morgan fingerprint density at radius 3 is 2.96 bits per heavy atom. The summed E-state index contributed by atoms with van der Waals surface area (Å²) in [4.78, 5) is 20.4. The largest absolute Gasteiger partial charge is 0.465 e. The molecule has 1 aliphatic rings. The van der Waals surface area contributed by atoms with Crippen molar-refractivity contribution >= 4 is 34.6 Å². The molecule has 6 nitrogen and oxygen atoms in total. The van der Waals surface area contributed by atoms with Gasteiger partial charge < -0.3 is 20.6 Å². The summed E-state index contributed by atoms with van der Waals surface area (Å²) in [6.45, 7) is 4.53. The monoisotopic (exact) mass is 372 g/mol. The number of hydrogen-bond acceptors (Lipinski definition) is 4. The van der Waals surface area contributed by atoms with E-state index in [2.05, 4.69) is 22.0 Å². The molecule has 0 unspecified atom stereocenters. The van der Waals surface area contributed by atoms with E-state index >= 15 is 0 Å². The third-order valence-corrected chi connectivity index (χ3v) is 5.49. The van der Waals surface area contributed by atoms with Gasteiger partial charge in [0.25, 0.3) is 0 Å². The molecule has 1 aromatic carbocycles. The number of rotatable bonds is 6. The van der Waals surface area contributed by atoms with Gasteiger partial charge in [0.2, 0.25) is 0 Å². The van der Waals surface area contributed by atoms with Crippen LogP contribution in [0.25, 0.3) is 0 Å². The molecule has 26 heavy (non-hydrogen) atoms. The molecular formula is C19H24N4O2S. The molecule has 0 saturated carbocycles. The van der Waals surface area contributed by atoms with E-state index in [1.165, 1.54) is 16.2 Å². The van der Waals surface area contributed by atoms with Gasteiger partial charge in [-0.1, -0.05) is 6.07 Å². The predicted molar refractivity (Wildman–Crippen MR) is 107 cm³/mol. The van der Waals surface area contributed by atoms with E-state index in [0.29, 0.717) is 25.5 Å². The van der Waals surface area contributed by atoms with Gasteiger partial charge in [0.05, 0.1) is 10.6 Å². The Morgan fingerprint density at radius 2 is 2.27 bits per heavy atom. The van der Waals surface area contributed by atoms with Crippen molar-refractivity contribution in [3.05, 3.63) is 46.2 Å². The molecule has 3 N–H and O–H groups in total. The van der Waals surface area contributed by atoms with Crippen molar-refractivity contribution < 1.29 is 9.90 Å². The minimum atomic E-state index is -0.863. The lowest BCUT2D eigenvalue weighted by Gasteiger charge is -2.33. The second kappa shape index (κ2) is 8.23. The van der Waals surface area contributed by atoms with Crippen LogP contribution in [0.2, 0.25) is 0 Å². The van der Waals surface area contributed by atoms with Gasteiger partial charge in [-0.05, 0) is 55.0 Å². The van der Waals surface area contributed by atoms with Gasteiger partial charge in [-0.15, -0.1) is 11.3 Å². The van der Waals surface area contributed by atoms with E-state index in [4.69, 9.17) is 5.73 Å². The van der Waals surface area contributed by atoms with Crippen molar-refractivity contribution in [2.75, 3.05) is 31.1 Å². The summed E-state index contributed by atoms with van der Waals surface area (Å²) in [7, 11) is 0. The van der Waals surface area contributed by atoms with Crippen molar-refractivity contribution in [2.24, 2.45) is 10.7 Å². The van der Waals surface area contributed by atoms with E-state index in [0.717, 1.165) is 30.0 Å². The lowest BCUT2D eigenvalue weighted by Crippen LogP contribution is -2.39. The highest BCUT2D eigenvalue weighted by molar-refractivity contribution is 7.12. The van der Waals surface area contributed by atoms with Crippen molar-refractivity contribution in [3.8, 4) is 0 Å². The van der Waals surface area contributed by atoms with Crippen LogP contribution in [-0.2, 0) is 6.42 Å². The molecule has 0 saturated heterocycles. The van der Waals surface area contributed by atoms with Gasteiger partial charge >= 0.3 is 6.09 Å². The first-order chi connectivity index (χ1) is 12.6. The maximum absolute atomic E-state index is 11.2. The molecule has 0 bridgehead atoms. The number of amides is 1. The Morgan fingerprint density at radius 1 is 1.42 bits per heavy atom. The number of likely N-dealkylation sites (N-methyl/N-ethyl adjacent to an activating group) is 1. The molecule has 2 heterocycles. The molecule has 3 rings (SSSR count). The molecule has 0 spiro atoms. The lowest BCUT2D eigenvalue weighted by molar-refractivity contribution is 0.149. The fraction of sp³-hybridized carbons (Fsp3) is 0.368. The summed E-state index contributed by atoms with van der Waals surface area (Å²) in [5.41, 5.74) is 9.36. The maximum Gasteiger partial charge on any atom is 0.407 e. The molecule has 1 amide bonds. The van der Waals surface area contributed by atoms with Gasteiger partial charge in [0.15, 0.2) is 0 Å². The van der Waals surface area contributed by atoms with Gasteiger partial charge in [-0.2, -0.15) is 0 Å². The zero-order chi connectivity index (χ0) is 18.5. The Bertz CT molecular complexity index is 789. The summed E-state index contributed by atoms with van der Waals surface area (Å²) in [5.74, 6) is 0.535. The molecule has 1 aromatic heterocycles. The van der Waals surface area contributed by atoms with E-state index in [1.54, 1.807) is 11.3 Å². The number of thiophene rings is 1. The van der Waals surface area contributed by atoms with E-state index < -0.39 is 6.09 Å². The standard InChI is InChI=1S/C19H24N4O2S/c1-2-22(19(24)25)10-11-23-9-3-5-14-13-15(7-8-16(14)23)21-18(20)17-6-4-12-26-17/h4,6-8,12-13H,2-3,5,9-11H2,1H3,(H2,20,21)(H,24,25). The Balaban J connectivity index is 1.75. The first-order valence-electron chi connectivity index (χ1n) is 8.82. The predicted octanol–water partition coefficient (Wildman–Crippen LogP) is 3.54. The van der Waals surface area contributed by atoms with Crippen LogP contribution in [0.1, 0.15) is 23.8 Å². The van der Waals surface area contributed by atoms with Crippen molar-refractivity contribution in [2.45, 2.75) is 19.8 Å². The number of fused-ring (bicyclic) bond motifs is 1. The van der Waals surface area contributed by atoms with Gasteiger partial charge in [-0.25, -0.2) is 9.79 Å². The van der Waals surface area contributed by atoms with Gasteiger partial charge in [0, 0.05) is 31.9 Å². The van der Waals surface area contributed by atoms with Crippen LogP contribution >= 0.6 is 11.3 Å². The van der Waals surface area contributed by atoms with Gasteiger partial charge in [-0.3, -0.25) is 0 Å². The number of nitrogens with two attached hydrogens (primary N) is 1. The molecule has 138 valence electrons. The Hall–Kier alpha value is -2.54. The second-order valence-corrected chi connectivity index (χ2v) is 7.19. The van der Waals surface area contributed by atoms with Crippen LogP contribution in [-0.4, -0.2) is 48.1 Å². The normalized spacial score (nSPS) is 14.2. The maximum atomic E-state index is 11.2. The summed E-state index contributed by atoms with van der Waals surface area (Å²) in [5, 5.41) is 11.2. The van der Waals surface area contributed by atoms with Crippen molar-refractivity contribution in [1.82, 2.24) is 4.90 Å². The van der Waals surface area contributed by atoms with Gasteiger partial charge in [0.1, 0.15) is 5.84 Å². The third-order valence-electron chi connectivity index (χ3n) is 4.59. The van der Waals surface area contributed by atoms with Crippen LogP contribution in [0.3, 0.4) is 0 Å². The number of hydrogen-bond donors (Lipinski definition) is 2. The number of benzene rings is 1. The smallest absolute Gasteiger partial charge is 0.407 e. The number of aliphatic imine (C=N–C) groups is 1. The quantitative estimate of drug-likeness (QED) is 0.600. The Labute approximate surface area is 157 Å². The SMILES string of the molecule is CCN(CCN1CCCc2cc(N=C(N)c3cccs3)ccc21)C(=O)O. The molecule has 0 radical (unpaired) electrons. The molecular weight excluding hydrogens is 348 g/mol. The number of anilines is 1. The third kappa shape index (κ3) is 4.16. The van der Waals surface area contributed by atoms with E-state index in [1.807, 2.05) is 30.5 Å². The summed E-state index contributed by atoms with van der Waals surface area (Å²) >= 11 is 1.58. The summed E-state index contributed by atoms with van der Waals surface area (Å²) in [6.07, 6.45) is 1.20. The highest BCUT2D eigenvalue weighted by Crippen LogP contribution is 2.30. The highest BCUT2D eigenvalue weighted by atomic mass is 32.1. The molecule has 0 fully saturated rings. The molecule has 2 aromatic rings. The number of carboxylic acid groups (broad SMARTS) is 1. The summed E-state index contributed by atoms with van der Waals surface area (Å²) < 4.78 is 0. The molecule has 0 atom stereocenters.